The Balaban J connectivity index is 2.45. The van der Waals surface area contributed by atoms with Crippen LogP contribution >= 0.6 is 11.6 Å². The van der Waals surface area contributed by atoms with Crippen molar-refractivity contribution in [2.75, 3.05) is 14.2 Å². The van der Waals surface area contributed by atoms with E-state index in [2.05, 4.69) is 0 Å². The lowest BCUT2D eigenvalue weighted by molar-refractivity contribution is 0.0597. The Kier molecular flexibility index (Phi) is 5.07. The first kappa shape index (κ1) is 15.9. The summed E-state index contributed by atoms with van der Waals surface area (Å²) in [6.45, 7) is 0. The quantitative estimate of drug-likeness (QED) is 0.683. The zero-order valence-electron chi connectivity index (χ0n) is 12.2. The minimum Gasteiger partial charge on any atom is -0.507 e. The lowest BCUT2D eigenvalue weighted by Gasteiger charge is -2.09. The number of methoxy groups -OCH3 is 2. The van der Waals surface area contributed by atoms with E-state index >= 15 is 0 Å². The van der Waals surface area contributed by atoms with Crippen molar-refractivity contribution < 1.29 is 19.4 Å². The van der Waals surface area contributed by atoms with Crippen molar-refractivity contribution in [3.63, 3.8) is 0 Å². The molecular weight excluding hydrogens is 304 g/mol. The monoisotopic (exact) mass is 318 g/mol. The van der Waals surface area contributed by atoms with Gasteiger partial charge >= 0.3 is 5.97 Å². The van der Waals surface area contributed by atoms with Crippen LogP contribution in [0.1, 0.15) is 21.5 Å². The number of hydrogen-bond acceptors (Lipinski definition) is 4. The largest absolute Gasteiger partial charge is 0.507 e. The maximum atomic E-state index is 11.8. The van der Waals surface area contributed by atoms with Crippen LogP contribution in [0.15, 0.2) is 36.4 Å². The minimum atomic E-state index is -0.615. The summed E-state index contributed by atoms with van der Waals surface area (Å²) in [6, 6.07) is 10.2. The van der Waals surface area contributed by atoms with Gasteiger partial charge in [0.2, 0.25) is 0 Å². The Morgan fingerprint density at radius 3 is 2.41 bits per heavy atom. The Morgan fingerprint density at radius 1 is 1.14 bits per heavy atom. The second kappa shape index (κ2) is 7.00. The van der Waals surface area contributed by atoms with Crippen molar-refractivity contribution in [3.05, 3.63) is 58.1 Å². The summed E-state index contributed by atoms with van der Waals surface area (Å²) < 4.78 is 9.82. The summed E-state index contributed by atoms with van der Waals surface area (Å²) in [4.78, 5) is 11.8. The highest BCUT2D eigenvalue weighted by molar-refractivity contribution is 6.30. The zero-order chi connectivity index (χ0) is 16.1. The van der Waals surface area contributed by atoms with E-state index in [1.165, 1.54) is 20.3 Å². The number of halogens is 1. The number of phenols is 1. The van der Waals surface area contributed by atoms with Gasteiger partial charge in [-0.1, -0.05) is 35.9 Å². The molecule has 0 radical (unpaired) electrons. The maximum absolute atomic E-state index is 11.8. The molecule has 0 saturated heterocycles. The molecule has 1 N–H and O–H groups in total. The zero-order valence-corrected chi connectivity index (χ0v) is 12.9. The number of esters is 1. The fourth-order valence-electron chi connectivity index (χ4n) is 1.96. The summed E-state index contributed by atoms with van der Waals surface area (Å²) in [7, 11) is 2.75. The number of rotatable bonds is 4. The molecule has 5 heteroatoms. The van der Waals surface area contributed by atoms with Crippen LogP contribution in [0.4, 0.5) is 0 Å². The fraction of sp³-hybridized carbons (Fsp3) is 0.118. The van der Waals surface area contributed by atoms with E-state index in [0.29, 0.717) is 16.3 Å². The van der Waals surface area contributed by atoms with Crippen LogP contribution in [0, 0.1) is 0 Å². The molecule has 0 aromatic heterocycles. The average Bonchev–Trinajstić information content (AvgIpc) is 2.53. The van der Waals surface area contributed by atoms with E-state index < -0.39 is 5.97 Å². The van der Waals surface area contributed by atoms with Gasteiger partial charge in [0.05, 0.1) is 14.2 Å². The van der Waals surface area contributed by atoms with Gasteiger partial charge in [0.1, 0.15) is 17.1 Å². The number of ether oxygens (including phenoxy) is 2. The maximum Gasteiger partial charge on any atom is 0.342 e. The van der Waals surface area contributed by atoms with Crippen LogP contribution in [-0.4, -0.2) is 25.3 Å². The molecule has 0 aliphatic carbocycles. The van der Waals surface area contributed by atoms with E-state index in [1.54, 1.807) is 30.4 Å². The third kappa shape index (κ3) is 3.59. The van der Waals surface area contributed by atoms with E-state index in [-0.39, 0.29) is 11.3 Å². The molecular formula is C17H15ClO4. The van der Waals surface area contributed by atoms with Gasteiger partial charge in [-0.3, -0.25) is 0 Å². The highest BCUT2D eigenvalue weighted by Crippen LogP contribution is 2.30. The van der Waals surface area contributed by atoms with Crippen LogP contribution < -0.4 is 4.74 Å². The van der Waals surface area contributed by atoms with Crippen LogP contribution in [0.5, 0.6) is 11.5 Å². The lowest BCUT2D eigenvalue weighted by atomic mass is 10.0. The van der Waals surface area contributed by atoms with E-state index in [9.17, 15) is 9.90 Å². The first-order chi connectivity index (χ1) is 10.5. The molecule has 0 fully saturated rings. The van der Waals surface area contributed by atoms with Gasteiger partial charge in [-0.2, -0.15) is 0 Å². The van der Waals surface area contributed by atoms with Crippen molar-refractivity contribution >= 4 is 29.7 Å². The van der Waals surface area contributed by atoms with Crippen molar-refractivity contribution in [1.82, 2.24) is 0 Å². The van der Waals surface area contributed by atoms with Gasteiger partial charge in [0.25, 0.3) is 0 Å². The predicted molar refractivity (Wildman–Crippen MR) is 86.4 cm³/mol. The molecule has 2 aromatic carbocycles. The number of phenolic OH excluding ortho intramolecular Hbond substituents is 1. The molecule has 2 aromatic rings. The van der Waals surface area contributed by atoms with Gasteiger partial charge in [0.15, 0.2) is 0 Å². The molecule has 0 aliphatic rings. The van der Waals surface area contributed by atoms with E-state index in [1.807, 2.05) is 12.1 Å². The van der Waals surface area contributed by atoms with Gasteiger partial charge in [0, 0.05) is 11.1 Å². The molecule has 0 saturated carbocycles. The van der Waals surface area contributed by atoms with Crippen molar-refractivity contribution in [2.24, 2.45) is 0 Å². The number of carbonyl (C=O) groups excluding carboxylic acids is 1. The van der Waals surface area contributed by atoms with Gasteiger partial charge in [-0.15, -0.1) is 0 Å². The van der Waals surface area contributed by atoms with Gasteiger partial charge in [-0.25, -0.2) is 4.79 Å². The third-order valence-corrected chi connectivity index (χ3v) is 3.32. The summed E-state index contributed by atoms with van der Waals surface area (Å²) in [5.74, 6) is -0.362. The number of benzene rings is 2. The molecule has 4 nitrogen and oxygen atoms in total. The second-order valence-corrected chi connectivity index (χ2v) is 4.92. The first-order valence-corrected chi connectivity index (χ1v) is 6.86. The Hall–Kier alpha value is -2.46. The Bertz CT molecular complexity index is 705. The Labute approximate surface area is 133 Å². The molecule has 0 atom stereocenters. The molecule has 2 rings (SSSR count). The average molecular weight is 319 g/mol. The molecule has 0 aliphatic heterocycles. The van der Waals surface area contributed by atoms with Crippen molar-refractivity contribution in [1.29, 1.82) is 0 Å². The standard InChI is InChI=1S/C17H15ClO4/c1-21-14-9-12(16(15(19)10-14)17(20)22-2)6-3-11-4-7-13(18)8-5-11/h3-10,19H,1-2H3/b6-3+. The normalized spacial score (nSPS) is 10.7. The lowest BCUT2D eigenvalue weighted by Crippen LogP contribution is -2.04. The van der Waals surface area contributed by atoms with E-state index in [0.717, 1.165) is 5.56 Å². The summed E-state index contributed by atoms with van der Waals surface area (Å²) in [5.41, 5.74) is 1.50. The van der Waals surface area contributed by atoms with Gasteiger partial charge < -0.3 is 14.6 Å². The molecule has 0 heterocycles. The number of carbonyl (C=O) groups is 1. The molecule has 0 bridgehead atoms. The Morgan fingerprint density at radius 2 is 1.82 bits per heavy atom. The summed E-state index contributed by atoms with van der Waals surface area (Å²) in [6.07, 6.45) is 3.51. The fourth-order valence-corrected chi connectivity index (χ4v) is 2.08. The number of hydrogen-bond donors (Lipinski definition) is 1. The van der Waals surface area contributed by atoms with Crippen LogP contribution in [0.3, 0.4) is 0 Å². The second-order valence-electron chi connectivity index (χ2n) is 4.49. The molecule has 22 heavy (non-hydrogen) atoms. The third-order valence-electron chi connectivity index (χ3n) is 3.07. The first-order valence-electron chi connectivity index (χ1n) is 6.48. The van der Waals surface area contributed by atoms with Crippen molar-refractivity contribution in [2.45, 2.75) is 0 Å². The van der Waals surface area contributed by atoms with Gasteiger partial charge in [-0.05, 0) is 29.3 Å². The van der Waals surface area contributed by atoms with Crippen LogP contribution in [-0.2, 0) is 4.74 Å². The highest BCUT2D eigenvalue weighted by Gasteiger charge is 2.17. The smallest absolute Gasteiger partial charge is 0.342 e. The molecule has 114 valence electrons. The SMILES string of the molecule is COC(=O)c1c(O)cc(OC)cc1/C=C/c1ccc(Cl)cc1. The minimum absolute atomic E-state index is 0.0912. The van der Waals surface area contributed by atoms with E-state index in [4.69, 9.17) is 21.1 Å². The number of aromatic hydroxyl groups is 1. The topological polar surface area (TPSA) is 55.8 Å². The predicted octanol–water partition coefficient (Wildman–Crippen LogP) is 4.01. The van der Waals surface area contributed by atoms with Crippen LogP contribution in [0.2, 0.25) is 5.02 Å². The summed E-state index contributed by atoms with van der Waals surface area (Å²) >= 11 is 5.84. The van der Waals surface area contributed by atoms with Crippen molar-refractivity contribution in [3.8, 4) is 11.5 Å². The summed E-state index contributed by atoms with van der Waals surface area (Å²) in [5, 5.41) is 10.7. The molecule has 0 spiro atoms. The molecule has 0 unspecified atom stereocenters. The van der Waals surface area contributed by atoms with Crippen LogP contribution in [0.25, 0.3) is 12.2 Å². The highest BCUT2D eigenvalue weighted by atomic mass is 35.5. The molecule has 0 amide bonds.